The molecule has 0 saturated heterocycles. The van der Waals surface area contributed by atoms with E-state index in [0.717, 1.165) is 17.6 Å². The number of rotatable bonds is 5. The largest absolute Gasteiger partial charge is 0.496 e. The molecule has 0 aromatic heterocycles. The first-order valence-corrected chi connectivity index (χ1v) is 6.78. The van der Waals surface area contributed by atoms with Crippen molar-refractivity contribution in [2.24, 2.45) is 5.92 Å². The van der Waals surface area contributed by atoms with E-state index in [1.54, 1.807) is 25.3 Å². The molecule has 6 nitrogen and oxygen atoms in total. The van der Waals surface area contributed by atoms with Crippen LogP contribution in [-0.2, 0) is 4.79 Å². The molecule has 1 saturated carbocycles. The van der Waals surface area contributed by atoms with E-state index < -0.39 is 6.23 Å². The number of benzene rings is 1. The van der Waals surface area contributed by atoms with Crippen LogP contribution in [0.1, 0.15) is 19.3 Å². The minimum atomic E-state index is -0.586. The molecule has 1 atom stereocenters. The lowest BCUT2D eigenvalue weighted by atomic mass is 10.3. The fraction of sp³-hybridized carbons (Fsp3) is 0.500. The first-order valence-electron chi connectivity index (χ1n) is 6.78. The molecule has 0 spiro atoms. The molecule has 1 fully saturated rings. The lowest BCUT2D eigenvalue weighted by Gasteiger charge is -2.04. The normalized spacial score (nSPS) is 20.2. The highest BCUT2D eigenvalue weighted by Crippen LogP contribution is 2.38. The molecule has 1 aromatic rings. The fourth-order valence-corrected chi connectivity index (χ4v) is 2.23. The Balaban J connectivity index is 1.57. The van der Waals surface area contributed by atoms with Crippen LogP contribution in [0.5, 0.6) is 11.5 Å². The number of methoxy groups -OCH3 is 1. The quantitative estimate of drug-likeness (QED) is 0.832. The summed E-state index contributed by atoms with van der Waals surface area (Å²) in [4.78, 5) is 23.6. The Morgan fingerprint density at radius 1 is 1.50 bits per heavy atom. The molecule has 20 heavy (non-hydrogen) atoms. The van der Waals surface area contributed by atoms with Gasteiger partial charge < -0.3 is 14.8 Å². The van der Waals surface area contributed by atoms with Crippen molar-refractivity contribution in [1.82, 2.24) is 5.32 Å². The van der Waals surface area contributed by atoms with E-state index in [4.69, 9.17) is 9.47 Å². The van der Waals surface area contributed by atoms with Gasteiger partial charge in [0.05, 0.1) is 24.4 Å². The summed E-state index contributed by atoms with van der Waals surface area (Å²) >= 11 is 0. The van der Waals surface area contributed by atoms with E-state index in [9.17, 15) is 9.70 Å². The van der Waals surface area contributed by atoms with Gasteiger partial charge in [-0.05, 0) is 25.0 Å². The average Bonchev–Trinajstić information content (AvgIpc) is 3.26. The second-order valence-electron chi connectivity index (χ2n) is 5.09. The summed E-state index contributed by atoms with van der Waals surface area (Å²) < 4.78 is 11.5. The average molecular weight is 277 g/mol. The maximum absolute atomic E-state index is 12.1. The number of hydrogen-bond donors (Lipinski definition) is 1. The minimum absolute atomic E-state index is 0.0830. The highest BCUT2D eigenvalue weighted by molar-refractivity contribution is 5.80. The van der Waals surface area contributed by atoms with E-state index in [1.165, 1.54) is 0 Å². The molecule has 2 aliphatic rings. The number of hydrogen-bond acceptors (Lipinski definition) is 4. The zero-order valence-electron chi connectivity index (χ0n) is 11.3. The van der Waals surface area contributed by atoms with Crippen molar-refractivity contribution in [3.05, 3.63) is 23.1 Å². The summed E-state index contributed by atoms with van der Waals surface area (Å²) in [6.07, 6.45) is 1.82. The van der Waals surface area contributed by atoms with Crippen molar-refractivity contribution >= 4 is 11.6 Å². The smallest absolute Gasteiger partial charge is 0.352 e. The molecule has 1 unspecified atom stereocenters. The van der Waals surface area contributed by atoms with Crippen LogP contribution >= 0.6 is 0 Å². The van der Waals surface area contributed by atoms with Crippen LogP contribution in [0.15, 0.2) is 18.2 Å². The predicted molar refractivity (Wildman–Crippen MR) is 71.0 cm³/mol. The minimum Gasteiger partial charge on any atom is -0.496 e. The summed E-state index contributed by atoms with van der Waals surface area (Å²) in [7, 11) is 1.55. The van der Waals surface area contributed by atoms with Gasteiger partial charge in [0, 0.05) is 17.4 Å². The van der Waals surface area contributed by atoms with Crippen LogP contribution in [-0.4, -0.2) is 30.5 Å². The maximum atomic E-state index is 12.1. The van der Waals surface area contributed by atoms with Crippen LogP contribution in [0.4, 0.5) is 5.69 Å². The molecule has 1 aliphatic heterocycles. The molecule has 6 heteroatoms. The number of carbonyl (C=O) groups excluding carboxylic acids is 1. The number of nitroso groups, excluding NO2 is 1. The first kappa shape index (κ1) is 12.9. The Labute approximate surface area is 116 Å². The third-order valence-corrected chi connectivity index (χ3v) is 3.57. The number of ether oxygens (including phenoxy) is 2. The van der Waals surface area contributed by atoms with Crippen molar-refractivity contribution in [2.75, 3.05) is 13.7 Å². The van der Waals surface area contributed by atoms with E-state index in [1.807, 2.05) is 0 Å². The van der Waals surface area contributed by atoms with Crippen molar-refractivity contribution in [2.45, 2.75) is 25.5 Å². The van der Waals surface area contributed by atoms with Gasteiger partial charge in [0.25, 0.3) is 0 Å². The molecule has 1 N–H and O–H groups in total. The summed E-state index contributed by atoms with van der Waals surface area (Å²) in [6, 6.07) is 5.14. The lowest BCUT2D eigenvalue weighted by molar-refractivity contribution is -0.529. The standard InChI is InChI=1S/C14H16N2O4/c1-19-10-4-5-12-11(8-10)16(18)13(20-12)6-7-15-14(17)9-2-3-9/h4-5,8-9,13H,2-3,6-7H2,1H3/p+1. The van der Waals surface area contributed by atoms with Crippen molar-refractivity contribution < 1.29 is 19.0 Å². The second-order valence-corrected chi connectivity index (χ2v) is 5.09. The van der Waals surface area contributed by atoms with Crippen LogP contribution in [0, 0.1) is 10.8 Å². The molecule has 1 aromatic carbocycles. The summed E-state index contributed by atoms with van der Waals surface area (Å²) in [5.41, 5.74) is 0.475. The van der Waals surface area contributed by atoms with E-state index in [0.29, 0.717) is 30.2 Å². The van der Waals surface area contributed by atoms with Crippen LogP contribution in [0.2, 0.25) is 0 Å². The molecule has 1 heterocycles. The van der Waals surface area contributed by atoms with Gasteiger partial charge in [-0.25, -0.2) is 0 Å². The highest BCUT2D eigenvalue weighted by Gasteiger charge is 2.41. The van der Waals surface area contributed by atoms with Crippen LogP contribution in [0.25, 0.3) is 0 Å². The molecule has 1 aliphatic carbocycles. The number of nitrogens with zero attached hydrogens (tertiary/aromatic N) is 1. The fourth-order valence-electron chi connectivity index (χ4n) is 2.23. The SMILES string of the molecule is COc1ccc2c(c1)[N+](=O)C(CCNC(=O)C1CC1)O2. The Morgan fingerprint density at radius 3 is 3.00 bits per heavy atom. The number of fused-ring (bicyclic) bond motifs is 1. The monoisotopic (exact) mass is 277 g/mol. The first-order chi connectivity index (χ1) is 9.69. The molecule has 1 amide bonds. The molecule has 0 bridgehead atoms. The van der Waals surface area contributed by atoms with E-state index >= 15 is 0 Å². The van der Waals surface area contributed by atoms with Crippen LogP contribution in [0.3, 0.4) is 0 Å². The molecular formula is C14H17N2O4+. The second kappa shape index (κ2) is 5.11. The topological polar surface area (TPSA) is 67.6 Å². The molecular weight excluding hydrogens is 260 g/mol. The highest BCUT2D eigenvalue weighted by atomic mass is 16.5. The van der Waals surface area contributed by atoms with E-state index in [-0.39, 0.29) is 11.8 Å². The summed E-state index contributed by atoms with van der Waals surface area (Å²) in [5, 5.41) is 2.83. The van der Waals surface area contributed by atoms with Gasteiger partial charge in [0.1, 0.15) is 5.75 Å². The number of nitrogens with one attached hydrogen (secondary N) is 1. The Bertz CT molecular complexity index is 554. The molecule has 0 radical (unpaired) electrons. The van der Waals surface area contributed by atoms with Crippen LogP contribution < -0.4 is 14.8 Å². The summed E-state index contributed by atoms with van der Waals surface area (Å²) in [6.45, 7) is 0.448. The van der Waals surface area contributed by atoms with Crippen molar-refractivity contribution in [1.29, 1.82) is 0 Å². The zero-order chi connectivity index (χ0) is 14.1. The number of carbonyl (C=O) groups is 1. The van der Waals surface area contributed by atoms with Gasteiger partial charge in [0.2, 0.25) is 11.7 Å². The van der Waals surface area contributed by atoms with Gasteiger partial charge in [-0.15, -0.1) is 0 Å². The Morgan fingerprint density at radius 2 is 2.30 bits per heavy atom. The Kier molecular flexibility index (Phi) is 3.30. The van der Waals surface area contributed by atoms with Gasteiger partial charge in [-0.1, -0.05) is 0 Å². The maximum Gasteiger partial charge on any atom is 0.352 e. The van der Waals surface area contributed by atoms with Gasteiger partial charge in [0.15, 0.2) is 0 Å². The van der Waals surface area contributed by atoms with Gasteiger partial charge in [-0.3, -0.25) is 4.79 Å². The lowest BCUT2D eigenvalue weighted by Crippen LogP contribution is -2.31. The zero-order valence-corrected chi connectivity index (χ0v) is 11.3. The molecule has 106 valence electrons. The molecule has 3 rings (SSSR count). The summed E-state index contributed by atoms with van der Waals surface area (Å²) in [5.74, 6) is 1.44. The third kappa shape index (κ3) is 2.45. The van der Waals surface area contributed by atoms with Gasteiger partial charge >= 0.3 is 11.9 Å². The van der Waals surface area contributed by atoms with Gasteiger partial charge in [-0.2, -0.15) is 0 Å². The van der Waals surface area contributed by atoms with Crippen molar-refractivity contribution in [3.63, 3.8) is 0 Å². The third-order valence-electron chi connectivity index (χ3n) is 3.57. The Hall–Kier alpha value is -2.11. The number of amides is 1. The predicted octanol–water partition coefficient (Wildman–Crippen LogP) is 1.74. The van der Waals surface area contributed by atoms with Crippen molar-refractivity contribution in [3.8, 4) is 11.5 Å². The van der Waals surface area contributed by atoms with E-state index in [2.05, 4.69) is 5.32 Å².